The van der Waals surface area contributed by atoms with Gasteiger partial charge in [0, 0.05) is 5.56 Å². The normalized spacial score (nSPS) is 18.1. The van der Waals surface area contributed by atoms with Gasteiger partial charge < -0.3 is 4.90 Å². The molecule has 1 amide bonds. The van der Waals surface area contributed by atoms with Crippen LogP contribution in [0.15, 0.2) is 24.3 Å². The van der Waals surface area contributed by atoms with Crippen LogP contribution in [0.3, 0.4) is 0 Å². The number of hydrogen-bond acceptors (Lipinski definition) is 1. The van der Waals surface area contributed by atoms with Crippen LogP contribution in [-0.4, -0.2) is 29.8 Å². The van der Waals surface area contributed by atoms with Crippen molar-refractivity contribution >= 4 is 5.91 Å². The van der Waals surface area contributed by atoms with Crippen molar-refractivity contribution < 1.29 is 13.6 Å². The molecule has 0 aromatic heterocycles. The molecule has 1 aliphatic heterocycles. The Labute approximate surface area is 99.2 Å². The van der Waals surface area contributed by atoms with Crippen LogP contribution >= 0.6 is 0 Å². The predicted octanol–water partition coefficient (Wildman–Crippen LogP) is 2.90. The van der Waals surface area contributed by atoms with Crippen molar-refractivity contribution in [2.75, 3.05) is 13.1 Å². The maximum absolute atomic E-state index is 12.7. The van der Waals surface area contributed by atoms with Gasteiger partial charge in [-0.2, -0.15) is 0 Å². The fraction of sp³-hybridized carbons (Fsp3) is 0.462. The van der Waals surface area contributed by atoms with E-state index in [2.05, 4.69) is 0 Å². The maximum Gasteiger partial charge on any atom is 0.282 e. The lowest BCUT2D eigenvalue weighted by Crippen LogP contribution is -2.58. The van der Waals surface area contributed by atoms with E-state index in [1.165, 1.54) is 4.90 Å². The number of amides is 1. The summed E-state index contributed by atoms with van der Waals surface area (Å²) in [6, 6.07) is 7.18. The smallest absolute Gasteiger partial charge is 0.282 e. The first-order chi connectivity index (χ1) is 7.89. The molecule has 0 aliphatic carbocycles. The summed E-state index contributed by atoms with van der Waals surface area (Å²) in [5.41, 5.74) is 1.54. The molecule has 1 heterocycles. The molecule has 1 aromatic carbocycles. The molecule has 1 saturated heterocycles. The average molecular weight is 239 g/mol. The second kappa shape index (κ2) is 4.09. The standard InChI is InChI=1S/C13H15F2NO/c1-9(2)10-4-3-5-11(6-10)12(17)16-7-13(14,15)8-16/h3-6,9H,7-8H2,1-2H3. The minimum absolute atomic E-state index is 0.307. The Bertz CT molecular complexity index is 435. The highest BCUT2D eigenvalue weighted by Crippen LogP contribution is 2.28. The van der Waals surface area contributed by atoms with Crippen LogP contribution in [0.5, 0.6) is 0 Å². The van der Waals surface area contributed by atoms with Gasteiger partial charge in [0.25, 0.3) is 11.8 Å². The molecule has 1 aromatic rings. The summed E-state index contributed by atoms with van der Waals surface area (Å²) < 4.78 is 25.4. The number of alkyl halides is 2. The van der Waals surface area contributed by atoms with E-state index >= 15 is 0 Å². The van der Waals surface area contributed by atoms with Crippen LogP contribution in [0.4, 0.5) is 8.78 Å². The largest absolute Gasteiger partial charge is 0.326 e. The minimum atomic E-state index is -2.70. The van der Waals surface area contributed by atoms with Crippen molar-refractivity contribution in [2.45, 2.75) is 25.7 Å². The van der Waals surface area contributed by atoms with Gasteiger partial charge >= 0.3 is 0 Å². The minimum Gasteiger partial charge on any atom is -0.326 e. The van der Waals surface area contributed by atoms with Gasteiger partial charge in [-0.3, -0.25) is 4.79 Å². The molecule has 2 nitrogen and oxygen atoms in total. The summed E-state index contributed by atoms with van der Waals surface area (Å²) in [6.45, 7) is 3.14. The van der Waals surface area contributed by atoms with Gasteiger partial charge in [-0.05, 0) is 23.6 Å². The maximum atomic E-state index is 12.7. The van der Waals surface area contributed by atoms with E-state index in [0.29, 0.717) is 11.5 Å². The Morgan fingerprint density at radius 3 is 2.53 bits per heavy atom. The Balaban J connectivity index is 2.13. The number of hydrogen-bond donors (Lipinski definition) is 0. The van der Waals surface area contributed by atoms with Crippen molar-refractivity contribution in [2.24, 2.45) is 0 Å². The molecule has 2 rings (SSSR count). The summed E-state index contributed by atoms with van der Waals surface area (Å²) in [5.74, 6) is -2.69. The van der Waals surface area contributed by atoms with Crippen molar-refractivity contribution in [1.29, 1.82) is 0 Å². The molecule has 0 bridgehead atoms. The lowest BCUT2D eigenvalue weighted by atomic mass is 9.99. The fourth-order valence-corrected chi connectivity index (χ4v) is 1.87. The highest BCUT2D eigenvalue weighted by Gasteiger charge is 2.46. The van der Waals surface area contributed by atoms with Crippen molar-refractivity contribution in [3.8, 4) is 0 Å². The third kappa shape index (κ3) is 2.46. The monoisotopic (exact) mass is 239 g/mol. The zero-order chi connectivity index (χ0) is 12.6. The van der Waals surface area contributed by atoms with Crippen LogP contribution in [0.2, 0.25) is 0 Å². The number of rotatable bonds is 2. The SMILES string of the molecule is CC(C)c1cccc(C(=O)N2CC(F)(F)C2)c1. The number of likely N-dealkylation sites (tertiary alicyclic amines) is 1. The van der Waals surface area contributed by atoms with Gasteiger partial charge in [-0.25, -0.2) is 8.78 Å². The Hall–Kier alpha value is -1.45. The van der Waals surface area contributed by atoms with Gasteiger partial charge in [0.05, 0.1) is 13.1 Å². The highest BCUT2D eigenvalue weighted by molar-refractivity contribution is 5.95. The quantitative estimate of drug-likeness (QED) is 0.777. The third-order valence-electron chi connectivity index (χ3n) is 2.93. The summed E-state index contributed by atoms with van der Waals surface area (Å²) in [6.07, 6.45) is 0. The van der Waals surface area contributed by atoms with Gasteiger partial charge in [0.1, 0.15) is 0 Å². The van der Waals surface area contributed by atoms with E-state index in [0.717, 1.165) is 5.56 Å². The molecule has 92 valence electrons. The van der Waals surface area contributed by atoms with Crippen LogP contribution in [0.25, 0.3) is 0 Å². The average Bonchev–Trinajstić information content (AvgIpc) is 2.25. The summed E-state index contributed by atoms with van der Waals surface area (Å²) in [7, 11) is 0. The zero-order valence-electron chi connectivity index (χ0n) is 9.91. The molecule has 4 heteroatoms. The number of carbonyl (C=O) groups is 1. The molecule has 1 fully saturated rings. The molecular formula is C13H15F2NO. The first kappa shape index (κ1) is 12.0. The Kier molecular flexibility index (Phi) is 2.89. The number of halogens is 2. The van der Waals surface area contributed by atoms with E-state index in [9.17, 15) is 13.6 Å². The van der Waals surface area contributed by atoms with Crippen LogP contribution in [0, 0.1) is 0 Å². The van der Waals surface area contributed by atoms with Crippen LogP contribution < -0.4 is 0 Å². The topological polar surface area (TPSA) is 20.3 Å². The van der Waals surface area contributed by atoms with Crippen molar-refractivity contribution in [3.63, 3.8) is 0 Å². The molecule has 0 unspecified atom stereocenters. The molecule has 0 radical (unpaired) electrons. The summed E-state index contributed by atoms with van der Waals surface area (Å²) in [5, 5.41) is 0. The van der Waals surface area contributed by atoms with Gasteiger partial charge in [0.15, 0.2) is 0 Å². The zero-order valence-corrected chi connectivity index (χ0v) is 9.91. The molecule has 0 spiro atoms. The van der Waals surface area contributed by atoms with Gasteiger partial charge in [-0.15, -0.1) is 0 Å². The van der Waals surface area contributed by atoms with E-state index < -0.39 is 19.0 Å². The Morgan fingerprint density at radius 2 is 2.00 bits per heavy atom. The molecule has 0 atom stereocenters. The Morgan fingerprint density at radius 1 is 1.35 bits per heavy atom. The van der Waals surface area contributed by atoms with E-state index in [-0.39, 0.29) is 5.91 Å². The summed E-state index contributed by atoms with van der Waals surface area (Å²) in [4.78, 5) is 13.1. The molecule has 1 aliphatic rings. The second-order valence-corrected chi connectivity index (χ2v) is 4.80. The van der Waals surface area contributed by atoms with E-state index in [1.807, 2.05) is 19.9 Å². The lowest BCUT2D eigenvalue weighted by molar-refractivity contribution is -0.113. The lowest BCUT2D eigenvalue weighted by Gasteiger charge is -2.38. The van der Waals surface area contributed by atoms with Crippen LogP contribution in [0.1, 0.15) is 35.7 Å². The van der Waals surface area contributed by atoms with E-state index in [1.54, 1.807) is 18.2 Å². The van der Waals surface area contributed by atoms with Crippen molar-refractivity contribution in [3.05, 3.63) is 35.4 Å². The third-order valence-corrected chi connectivity index (χ3v) is 2.93. The molecule has 0 saturated carbocycles. The highest BCUT2D eigenvalue weighted by atomic mass is 19.3. The first-order valence-corrected chi connectivity index (χ1v) is 5.66. The summed E-state index contributed by atoms with van der Waals surface area (Å²) >= 11 is 0. The second-order valence-electron chi connectivity index (χ2n) is 4.80. The molecule has 0 N–H and O–H groups in total. The molecule has 17 heavy (non-hydrogen) atoms. The first-order valence-electron chi connectivity index (χ1n) is 5.66. The predicted molar refractivity (Wildman–Crippen MR) is 61.4 cm³/mol. The van der Waals surface area contributed by atoms with Crippen molar-refractivity contribution in [1.82, 2.24) is 4.90 Å². The fourth-order valence-electron chi connectivity index (χ4n) is 1.87. The number of benzene rings is 1. The van der Waals surface area contributed by atoms with Gasteiger partial charge in [0.2, 0.25) is 0 Å². The molecular weight excluding hydrogens is 224 g/mol. The van der Waals surface area contributed by atoms with Gasteiger partial charge in [-0.1, -0.05) is 26.0 Å². The number of nitrogens with zero attached hydrogens (tertiary/aromatic N) is 1. The number of carbonyl (C=O) groups excluding carboxylic acids is 1. The van der Waals surface area contributed by atoms with E-state index in [4.69, 9.17) is 0 Å². The van der Waals surface area contributed by atoms with Crippen LogP contribution in [-0.2, 0) is 0 Å².